The van der Waals surface area contributed by atoms with Crippen LogP contribution in [0.25, 0.3) is 0 Å². The van der Waals surface area contributed by atoms with Gasteiger partial charge >= 0.3 is 6.02 Å². The molecule has 16 heavy (non-hydrogen) atoms. The molecule has 0 atom stereocenters. The van der Waals surface area contributed by atoms with Crippen LogP contribution in [0.4, 0.5) is 5.69 Å². The Balaban J connectivity index is 2.43. The van der Waals surface area contributed by atoms with Crippen molar-refractivity contribution in [2.45, 2.75) is 6.61 Å². The summed E-state index contributed by atoms with van der Waals surface area (Å²) in [4.78, 5) is 1.71. The van der Waals surface area contributed by atoms with E-state index in [1.54, 1.807) is 4.90 Å². The van der Waals surface area contributed by atoms with Crippen LogP contribution in [0.15, 0.2) is 41.8 Å². The highest BCUT2D eigenvalue weighted by Crippen LogP contribution is 2.25. The molecule has 0 bridgehead atoms. The number of aliphatic hydroxyl groups excluding tert-OH is 1. The first-order chi connectivity index (χ1) is 7.77. The standard InChI is InChI=1S/C11H13N3O2/c1-8-12-13-11(16-2)14(8)10-6-4-3-5-9(10)7-15/h3-6,12,15H,1,7H2,2H3. The summed E-state index contributed by atoms with van der Waals surface area (Å²) in [6.07, 6.45) is 0. The zero-order valence-corrected chi connectivity index (χ0v) is 8.97. The van der Waals surface area contributed by atoms with Crippen LogP contribution in [-0.4, -0.2) is 18.2 Å². The van der Waals surface area contributed by atoms with Crippen molar-refractivity contribution in [2.24, 2.45) is 5.10 Å². The number of nitrogens with one attached hydrogen (secondary N) is 1. The van der Waals surface area contributed by atoms with E-state index in [0.717, 1.165) is 11.3 Å². The number of para-hydroxylation sites is 1. The van der Waals surface area contributed by atoms with Crippen LogP contribution in [0.3, 0.4) is 0 Å². The van der Waals surface area contributed by atoms with E-state index in [1.807, 2.05) is 24.3 Å². The molecule has 0 saturated carbocycles. The molecule has 0 radical (unpaired) electrons. The number of anilines is 1. The van der Waals surface area contributed by atoms with E-state index in [4.69, 9.17) is 4.74 Å². The summed E-state index contributed by atoms with van der Waals surface area (Å²) in [6.45, 7) is 3.78. The lowest BCUT2D eigenvalue weighted by Gasteiger charge is -2.21. The molecule has 0 spiro atoms. The smallest absolute Gasteiger partial charge is 0.319 e. The molecule has 1 aromatic carbocycles. The Bertz CT molecular complexity index is 443. The molecule has 1 aliphatic heterocycles. The van der Waals surface area contributed by atoms with Crippen LogP contribution >= 0.6 is 0 Å². The van der Waals surface area contributed by atoms with Crippen LogP contribution in [0.5, 0.6) is 0 Å². The summed E-state index contributed by atoms with van der Waals surface area (Å²) in [5, 5.41) is 13.2. The van der Waals surface area contributed by atoms with Crippen molar-refractivity contribution in [1.82, 2.24) is 5.43 Å². The third-order valence-corrected chi connectivity index (χ3v) is 2.33. The Morgan fingerprint density at radius 3 is 2.94 bits per heavy atom. The van der Waals surface area contributed by atoms with Gasteiger partial charge in [0.1, 0.15) is 5.82 Å². The number of hydrogen-bond acceptors (Lipinski definition) is 5. The molecule has 0 unspecified atom stereocenters. The molecule has 0 aliphatic carbocycles. The molecule has 2 N–H and O–H groups in total. The minimum atomic E-state index is -0.0447. The average Bonchev–Trinajstić information content (AvgIpc) is 2.70. The Morgan fingerprint density at radius 2 is 2.25 bits per heavy atom. The van der Waals surface area contributed by atoms with Gasteiger partial charge < -0.3 is 9.84 Å². The van der Waals surface area contributed by atoms with Gasteiger partial charge in [-0.15, -0.1) is 5.10 Å². The number of benzene rings is 1. The predicted molar refractivity (Wildman–Crippen MR) is 61.6 cm³/mol. The van der Waals surface area contributed by atoms with Crippen molar-refractivity contribution in [3.8, 4) is 0 Å². The highest BCUT2D eigenvalue weighted by molar-refractivity contribution is 5.97. The number of amidine groups is 1. The largest absolute Gasteiger partial charge is 0.467 e. The number of methoxy groups -OCH3 is 1. The highest BCUT2D eigenvalue weighted by Gasteiger charge is 2.25. The lowest BCUT2D eigenvalue weighted by Crippen LogP contribution is -2.28. The lowest BCUT2D eigenvalue weighted by atomic mass is 10.2. The second-order valence-electron chi connectivity index (χ2n) is 3.28. The zero-order chi connectivity index (χ0) is 11.5. The molecule has 2 rings (SSSR count). The van der Waals surface area contributed by atoms with E-state index in [9.17, 15) is 5.11 Å². The van der Waals surface area contributed by atoms with E-state index >= 15 is 0 Å². The summed E-state index contributed by atoms with van der Waals surface area (Å²) in [6, 6.07) is 7.87. The molecular formula is C11H13N3O2. The SMILES string of the molecule is C=C1NN=C(OC)N1c1ccccc1CO. The van der Waals surface area contributed by atoms with Gasteiger partial charge in [0.2, 0.25) is 0 Å². The van der Waals surface area contributed by atoms with Crippen molar-refractivity contribution in [3.63, 3.8) is 0 Å². The third kappa shape index (κ3) is 1.61. The molecule has 5 heteroatoms. The molecule has 5 nitrogen and oxygen atoms in total. The zero-order valence-electron chi connectivity index (χ0n) is 8.97. The van der Waals surface area contributed by atoms with Crippen molar-refractivity contribution in [3.05, 3.63) is 42.2 Å². The van der Waals surface area contributed by atoms with Crippen LogP contribution in [0, 0.1) is 0 Å². The Labute approximate surface area is 93.6 Å². The topological polar surface area (TPSA) is 57.1 Å². The van der Waals surface area contributed by atoms with Crippen molar-refractivity contribution >= 4 is 11.7 Å². The molecule has 84 valence electrons. The number of ether oxygens (including phenoxy) is 1. The van der Waals surface area contributed by atoms with Gasteiger partial charge in [0, 0.05) is 5.56 Å². The first-order valence-electron chi connectivity index (χ1n) is 4.83. The van der Waals surface area contributed by atoms with E-state index in [2.05, 4.69) is 17.1 Å². The molecule has 0 aromatic heterocycles. The number of rotatable bonds is 2. The summed E-state index contributed by atoms with van der Waals surface area (Å²) in [5.41, 5.74) is 4.33. The van der Waals surface area contributed by atoms with E-state index in [-0.39, 0.29) is 6.61 Å². The minimum absolute atomic E-state index is 0.0447. The summed E-state index contributed by atoms with van der Waals surface area (Å²) in [5.74, 6) is 0.595. The Hall–Kier alpha value is -2.01. The van der Waals surface area contributed by atoms with Crippen LogP contribution in [0.1, 0.15) is 5.56 Å². The maximum absolute atomic E-state index is 9.27. The van der Waals surface area contributed by atoms with Gasteiger partial charge in [-0.05, 0) is 6.07 Å². The van der Waals surface area contributed by atoms with Crippen molar-refractivity contribution in [1.29, 1.82) is 0 Å². The second kappa shape index (κ2) is 4.24. The monoisotopic (exact) mass is 219 g/mol. The van der Waals surface area contributed by atoms with Crippen LogP contribution < -0.4 is 10.3 Å². The van der Waals surface area contributed by atoms with E-state index in [1.165, 1.54) is 7.11 Å². The average molecular weight is 219 g/mol. The summed E-state index contributed by atoms with van der Waals surface area (Å²) >= 11 is 0. The fourth-order valence-corrected chi connectivity index (χ4v) is 1.58. The normalized spacial score (nSPS) is 14.8. The van der Waals surface area contributed by atoms with Gasteiger partial charge in [0.15, 0.2) is 0 Å². The molecule has 1 heterocycles. The molecular weight excluding hydrogens is 206 g/mol. The lowest BCUT2D eigenvalue weighted by molar-refractivity contribution is 0.282. The van der Waals surface area contributed by atoms with Gasteiger partial charge in [-0.3, -0.25) is 5.43 Å². The Kier molecular flexibility index (Phi) is 2.78. The summed E-state index contributed by atoms with van der Waals surface area (Å²) < 4.78 is 5.12. The summed E-state index contributed by atoms with van der Waals surface area (Å²) in [7, 11) is 1.54. The minimum Gasteiger partial charge on any atom is -0.467 e. The Morgan fingerprint density at radius 1 is 1.50 bits per heavy atom. The third-order valence-electron chi connectivity index (χ3n) is 2.33. The van der Waals surface area contributed by atoms with E-state index in [0.29, 0.717) is 11.8 Å². The molecule has 0 amide bonds. The van der Waals surface area contributed by atoms with Crippen molar-refractivity contribution in [2.75, 3.05) is 12.0 Å². The highest BCUT2D eigenvalue weighted by atomic mass is 16.5. The molecule has 0 saturated heterocycles. The quantitative estimate of drug-likeness (QED) is 0.778. The first-order valence-corrected chi connectivity index (χ1v) is 4.83. The number of hydrogen-bond donors (Lipinski definition) is 2. The van der Waals surface area contributed by atoms with Gasteiger partial charge in [-0.2, -0.15) is 0 Å². The van der Waals surface area contributed by atoms with Crippen LogP contribution in [0.2, 0.25) is 0 Å². The van der Waals surface area contributed by atoms with Gasteiger partial charge in [0.05, 0.1) is 19.4 Å². The number of nitrogens with zero attached hydrogens (tertiary/aromatic N) is 2. The van der Waals surface area contributed by atoms with E-state index < -0.39 is 0 Å². The van der Waals surface area contributed by atoms with Gasteiger partial charge in [-0.25, -0.2) is 4.90 Å². The number of aliphatic hydroxyl groups is 1. The maximum Gasteiger partial charge on any atom is 0.319 e. The molecule has 1 aliphatic rings. The van der Waals surface area contributed by atoms with Crippen LogP contribution in [-0.2, 0) is 11.3 Å². The molecule has 0 fully saturated rings. The first kappa shape index (κ1) is 10.5. The predicted octanol–water partition coefficient (Wildman–Crippen LogP) is 0.977. The number of hydrazone groups is 1. The molecule has 1 aromatic rings. The maximum atomic E-state index is 9.27. The van der Waals surface area contributed by atoms with Gasteiger partial charge in [0.25, 0.3) is 0 Å². The van der Waals surface area contributed by atoms with Gasteiger partial charge in [-0.1, -0.05) is 24.8 Å². The van der Waals surface area contributed by atoms with Crippen molar-refractivity contribution < 1.29 is 9.84 Å². The fraction of sp³-hybridized carbons (Fsp3) is 0.182. The second-order valence-corrected chi connectivity index (χ2v) is 3.28. The fourth-order valence-electron chi connectivity index (χ4n) is 1.58.